The quantitative estimate of drug-likeness (QED) is 0.766. The zero-order chi connectivity index (χ0) is 19.4. The van der Waals surface area contributed by atoms with Gasteiger partial charge in [-0.15, -0.1) is 0 Å². The van der Waals surface area contributed by atoms with Crippen LogP contribution >= 0.6 is 0 Å². The van der Waals surface area contributed by atoms with Crippen LogP contribution in [0.25, 0.3) is 0 Å². The summed E-state index contributed by atoms with van der Waals surface area (Å²) in [5.74, 6) is -0.108. The van der Waals surface area contributed by atoms with Crippen molar-refractivity contribution < 1.29 is 27.8 Å². The molecule has 3 atom stereocenters. The first-order valence-electron chi connectivity index (χ1n) is 9.16. The number of rotatable bonds is 6. The number of esters is 1. The average Bonchev–Trinajstić information content (AvgIpc) is 3.01. The standard InChI is InChI=1S/C19H24F2N2O4/c1-26-18(25)16-10-12-4-2-3-5-15(12)23(16)11-17(24)22-13-6-8-14(9-7-13)27-19(20)21/h6-9,12,15-16,19H,2-5,10-11H2,1H3,(H,22,24)/t12-,15+,16-/m0/s1. The Kier molecular flexibility index (Phi) is 6.26. The van der Waals surface area contributed by atoms with Gasteiger partial charge < -0.3 is 14.8 Å². The third-order valence-electron chi connectivity index (χ3n) is 5.38. The van der Waals surface area contributed by atoms with Crippen LogP contribution in [0.15, 0.2) is 24.3 Å². The van der Waals surface area contributed by atoms with Gasteiger partial charge in [0.05, 0.1) is 13.7 Å². The predicted octanol–water partition coefficient (Wildman–Crippen LogP) is 3.03. The van der Waals surface area contributed by atoms with Gasteiger partial charge in [-0.05, 0) is 49.4 Å². The number of alkyl halides is 2. The highest BCUT2D eigenvalue weighted by Crippen LogP contribution is 2.39. The van der Waals surface area contributed by atoms with Gasteiger partial charge in [-0.3, -0.25) is 14.5 Å². The van der Waals surface area contributed by atoms with Crippen LogP contribution in [0.5, 0.6) is 5.75 Å². The zero-order valence-corrected chi connectivity index (χ0v) is 15.2. The van der Waals surface area contributed by atoms with E-state index >= 15 is 0 Å². The van der Waals surface area contributed by atoms with Gasteiger partial charge in [0.25, 0.3) is 0 Å². The maximum atomic E-state index is 12.5. The minimum absolute atomic E-state index is 0.0262. The minimum atomic E-state index is -2.89. The van der Waals surface area contributed by atoms with Crippen LogP contribution in [0.2, 0.25) is 0 Å². The van der Waals surface area contributed by atoms with E-state index in [-0.39, 0.29) is 30.2 Å². The van der Waals surface area contributed by atoms with E-state index in [9.17, 15) is 18.4 Å². The number of fused-ring (bicyclic) bond motifs is 1. The number of halogens is 2. The lowest BCUT2D eigenvalue weighted by Gasteiger charge is -2.32. The smallest absolute Gasteiger partial charge is 0.387 e. The molecule has 3 rings (SSSR count). The first-order chi connectivity index (χ1) is 13.0. The van der Waals surface area contributed by atoms with Crippen LogP contribution in [0, 0.1) is 5.92 Å². The average molecular weight is 382 g/mol. The van der Waals surface area contributed by atoms with E-state index in [2.05, 4.69) is 10.1 Å². The molecule has 1 amide bonds. The Balaban J connectivity index is 1.63. The van der Waals surface area contributed by atoms with Crippen LogP contribution in [0.1, 0.15) is 32.1 Å². The molecule has 1 aromatic rings. The molecule has 1 aliphatic heterocycles. The first-order valence-corrected chi connectivity index (χ1v) is 9.16. The summed E-state index contributed by atoms with van der Waals surface area (Å²) in [6.07, 6.45) is 5.03. The van der Waals surface area contributed by atoms with Gasteiger partial charge in [0, 0.05) is 11.7 Å². The van der Waals surface area contributed by atoms with Crippen LogP contribution in [-0.2, 0) is 14.3 Å². The molecule has 0 aromatic heterocycles. The predicted molar refractivity (Wildman–Crippen MR) is 94.6 cm³/mol. The van der Waals surface area contributed by atoms with Gasteiger partial charge in [0.1, 0.15) is 11.8 Å². The third kappa shape index (κ3) is 4.74. The zero-order valence-electron chi connectivity index (χ0n) is 15.2. The van der Waals surface area contributed by atoms with Crippen molar-refractivity contribution in [3.8, 4) is 5.75 Å². The number of amides is 1. The largest absolute Gasteiger partial charge is 0.468 e. The molecule has 2 aliphatic rings. The summed E-state index contributed by atoms with van der Waals surface area (Å²) in [4.78, 5) is 26.6. The molecule has 27 heavy (non-hydrogen) atoms. The number of nitrogens with one attached hydrogen (secondary N) is 1. The number of methoxy groups -OCH3 is 1. The summed E-state index contributed by atoms with van der Waals surface area (Å²) in [5, 5.41) is 2.75. The molecule has 2 fully saturated rings. The van der Waals surface area contributed by atoms with E-state index < -0.39 is 12.7 Å². The van der Waals surface area contributed by atoms with Crippen molar-refractivity contribution >= 4 is 17.6 Å². The van der Waals surface area contributed by atoms with E-state index in [0.717, 1.165) is 32.1 Å². The lowest BCUT2D eigenvalue weighted by Crippen LogP contribution is -2.46. The molecule has 1 heterocycles. The molecule has 1 saturated carbocycles. The third-order valence-corrected chi connectivity index (χ3v) is 5.38. The molecule has 1 saturated heterocycles. The van der Waals surface area contributed by atoms with Gasteiger partial charge in [-0.25, -0.2) is 0 Å². The maximum absolute atomic E-state index is 12.5. The highest BCUT2D eigenvalue weighted by molar-refractivity contribution is 5.92. The van der Waals surface area contributed by atoms with Crippen molar-refractivity contribution in [2.24, 2.45) is 5.92 Å². The van der Waals surface area contributed by atoms with Crippen LogP contribution < -0.4 is 10.1 Å². The van der Waals surface area contributed by atoms with E-state index in [1.807, 2.05) is 4.90 Å². The molecule has 1 aliphatic carbocycles. The lowest BCUT2D eigenvalue weighted by atomic mass is 9.85. The van der Waals surface area contributed by atoms with Crippen molar-refractivity contribution in [2.75, 3.05) is 19.0 Å². The SMILES string of the molecule is COC(=O)[C@@H]1C[C@@H]2CCCC[C@H]2N1CC(=O)Nc1ccc(OC(F)F)cc1. The first kappa shape index (κ1) is 19.5. The Hall–Kier alpha value is -2.22. The Morgan fingerprint density at radius 1 is 1.22 bits per heavy atom. The second-order valence-corrected chi connectivity index (χ2v) is 7.01. The number of nitrogens with zero attached hydrogens (tertiary/aromatic N) is 1. The highest BCUT2D eigenvalue weighted by Gasteiger charge is 2.46. The number of likely N-dealkylation sites (tertiary alicyclic amines) is 1. The summed E-state index contributed by atoms with van der Waals surface area (Å²) in [5.41, 5.74) is 0.482. The number of carbonyl (C=O) groups is 2. The minimum Gasteiger partial charge on any atom is -0.468 e. The summed E-state index contributed by atoms with van der Waals surface area (Å²) < 4.78 is 33.6. The second-order valence-electron chi connectivity index (χ2n) is 7.01. The van der Waals surface area contributed by atoms with E-state index in [1.54, 1.807) is 0 Å². The van der Waals surface area contributed by atoms with Crippen molar-refractivity contribution in [2.45, 2.75) is 50.8 Å². The number of benzene rings is 1. The lowest BCUT2D eigenvalue weighted by molar-refractivity contribution is -0.146. The van der Waals surface area contributed by atoms with Gasteiger partial charge in [0.2, 0.25) is 5.91 Å². The summed E-state index contributed by atoms with van der Waals surface area (Å²) in [6, 6.07) is 5.56. The number of carbonyl (C=O) groups excluding carboxylic acids is 2. The van der Waals surface area contributed by atoms with Crippen molar-refractivity contribution in [3.05, 3.63) is 24.3 Å². The van der Waals surface area contributed by atoms with Gasteiger partial charge in [0.15, 0.2) is 0 Å². The summed E-state index contributed by atoms with van der Waals surface area (Å²) >= 11 is 0. The highest BCUT2D eigenvalue weighted by atomic mass is 19.3. The topological polar surface area (TPSA) is 67.9 Å². The van der Waals surface area contributed by atoms with Crippen LogP contribution in [0.3, 0.4) is 0 Å². The number of hydrogen-bond acceptors (Lipinski definition) is 5. The second kappa shape index (κ2) is 8.65. The summed E-state index contributed by atoms with van der Waals surface area (Å²) in [6.45, 7) is -2.80. The van der Waals surface area contributed by atoms with Gasteiger partial charge >= 0.3 is 12.6 Å². The Bertz CT molecular complexity index is 668. The monoisotopic (exact) mass is 382 g/mol. The molecular formula is C19H24F2N2O4. The van der Waals surface area contributed by atoms with E-state index in [1.165, 1.54) is 31.4 Å². The van der Waals surface area contributed by atoms with E-state index in [4.69, 9.17) is 4.74 Å². The molecule has 6 nitrogen and oxygen atoms in total. The fourth-order valence-electron chi connectivity index (χ4n) is 4.23. The van der Waals surface area contributed by atoms with Gasteiger partial charge in [-0.2, -0.15) is 8.78 Å². The molecule has 0 spiro atoms. The molecule has 0 unspecified atom stereocenters. The fourth-order valence-corrected chi connectivity index (χ4v) is 4.23. The van der Waals surface area contributed by atoms with Crippen molar-refractivity contribution in [3.63, 3.8) is 0 Å². The van der Waals surface area contributed by atoms with Crippen LogP contribution in [-0.4, -0.2) is 49.1 Å². The Morgan fingerprint density at radius 3 is 2.59 bits per heavy atom. The van der Waals surface area contributed by atoms with Crippen LogP contribution in [0.4, 0.5) is 14.5 Å². The Morgan fingerprint density at radius 2 is 1.93 bits per heavy atom. The fraction of sp³-hybridized carbons (Fsp3) is 0.579. The maximum Gasteiger partial charge on any atom is 0.387 e. The summed E-state index contributed by atoms with van der Waals surface area (Å²) in [7, 11) is 1.37. The van der Waals surface area contributed by atoms with Crippen molar-refractivity contribution in [1.82, 2.24) is 4.90 Å². The molecule has 1 N–H and O–H groups in total. The Labute approximate surface area is 156 Å². The number of anilines is 1. The van der Waals surface area contributed by atoms with Crippen molar-refractivity contribution in [1.29, 1.82) is 0 Å². The number of ether oxygens (including phenoxy) is 2. The molecular weight excluding hydrogens is 358 g/mol. The molecule has 0 radical (unpaired) electrons. The van der Waals surface area contributed by atoms with E-state index in [0.29, 0.717) is 11.6 Å². The molecule has 148 valence electrons. The van der Waals surface area contributed by atoms with Gasteiger partial charge in [-0.1, -0.05) is 12.8 Å². The molecule has 1 aromatic carbocycles. The number of hydrogen-bond donors (Lipinski definition) is 1. The normalized spacial score (nSPS) is 25.1. The molecule has 8 heteroatoms. The molecule has 0 bridgehead atoms.